The van der Waals surface area contributed by atoms with Gasteiger partial charge in [0.2, 0.25) is 0 Å². The lowest BCUT2D eigenvalue weighted by Crippen LogP contribution is -2.05. The van der Waals surface area contributed by atoms with Gasteiger partial charge in [0.1, 0.15) is 12.1 Å². The summed E-state index contributed by atoms with van der Waals surface area (Å²) in [6.07, 6.45) is 14.1. The average molecular weight is 268 g/mol. The summed E-state index contributed by atoms with van der Waals surface area (Å²) in [6, 6.07) is 0. The van der Waals surface area contributed by atoms with Crippen LogP contribution in [0.5, 0.6) is 0 Å². The number of hydrogen-bond donors (Lipinski definition) is 0. The van der Waals surface area contributed by atoms with Gasteiger partial charge in [0.25, 0.3) is 0 Å². The second-order valence-corrected chi connectivity index (χ2v) is 5.61. The molecule has 2 nitrogen and oxygen atoms in total. The third kappa shape index (κ3) is 12.1. The summed E-state index contributed by atoms with van der Waals surface area (Å²) in [5.74, 6) is 0.425. The van der Waals surface area contributed by atoms with Gasteiger partial charge < -0.3 is 4.79 Å². The van der Waals surface area contributed by atoms with Gasteiger partial charge in [-0.2, -0.15) is 0 Å². The van der Waals surface area contributed by atoms with E-state index in [1.807, 2.05) is 6.92 Å². The molecule has 0 aromatic carbocycles. The fourth-order valence-corrected chi connectivity index (χ4v) is 2.30. The molecule has 0 radical (unpaired) electrons. The van der Waals surface area contributed by atoms with Crippen molar-refractivity contribution in [1.82, 2.24) is 0 Å². The quantitative estimate of drug-likeness (QED) is 0.325. The van der Waals surface area contributed by atoms with Crippen molar-refractivity contribution in [3.8, 4) is 0 Å². The molecule has 0 aromatic rings. The normalized spacial score (nSPS) is 12.3. The van der Waals surface area contributed by atoms with Crippen molar-refractivity contribution in [3.05, 3.63) is 0 Å². The van der Waals surface area contributed by atoms with Crippen LogP contribution in [-0.2, 0) is 9.59 Å². The molecular weight excluding hydrogens is 236 g/mol. The average Bonchev–Trinajstić information content (AvgIpc) is 2.43. The molecule has 0 N–H and O–H groups in total. The van der Waals surface area contributed by atoms with Gasteiger partial charge in [-0.25, -0.2) is 0 Å². The Bertz CT molecular complexity index is 223. The number of unbranched alkanes of at least 4 members (excludes halogenated alkanes) is 7. The van der Waals surface area contributed by atoms with E-state index >= 15 is 0 Å². The van der Waals surface area contributed by atoms with E-state index in [9.17, 15) is 9.59 Å². The third-order valence-electron chi connectivity index (χ3n) is 3.82. The van der Waals surface area contributed by atoms with E-state index in [4.69, 9.17) is 0 Å². The second-order valence-electron chi connectivity index (χ2n) is 5.61. The molecule has 0 aromatic heterocycles. The van der Waals surface area contributed by atoms with Crippen LogP contribution in [0, 0.1) is 5.92 Å². The molecule has 0 aliphatic rings. The number of Topliss-reactive ketones (excluding diaryl/α,β-unsaturated/α-hetero) is 1. The van der Waals surface area contributed by atoms with Crippen molar-refractivity contribution >= 4 is 12.1 Å². The highest BCUT2D eigenvalue weighted by Crippen LogP contribution is 2.13. The van der Waals surface area contributed by atoms with E-state index in [2.05, 4.69) is 6.92 Å². The lowest BCUT2D eigenvalue weighted by molar-refractivity contribution is -0.119. The maximum atomic E-state index is 11.6. The monoisotopic (exact) mass is 268 g/mol. The Morgan fingerprint density at radius 3 is 2.00 bits per heavy atom. The molecule has 0 bridgehead atoms. The molecule has 0 saturated heterocycles. The Morgan fingerprint density at radius 1 is 0.895 bits per heavy atom. The fourth-order valence-electron chi connectivity index (χ4n) is 2.30. The van der Waals surface area contributed by atoms with Crippen LogP contribution in [0.3, 0.4) is 0 Å². The maximum absolute atomic E-state index is 11.6. The zero-order chi connectivity index (χ0) is 14.3. The Balaban J connectivity index is 3.31. The van der Waals surface area contributed by atoms with Crippen molar-refractivity contribution in [2.45, 2.75) is 90.9 Å². The fraction of sp³-hybridized carbons (Fsp3) is 0.882. The first-order valence-electron chi connectivity index (χ1n) is 8.21. The minimum atomic E-state index is 0.0857. The molecule has 0 heterocycles. The molecule has 0 spiro atoms. The van der Waals surface area contributed by atoms with Gasteiger partial charge >= 0.3 is 0 Å². The summed E-state index contributed by atoms with van der Waals surface area (Å²) in [4.78, 5) is 22.3. The number of ketones is 1. The first-order valence-corrected chi connectivity index (χ1v) is 8.21. The van der Waals surface area contributed by atoms with Crippen LogP contribution in [0.1, 0.15) is 90.9 Å². The van der Waals surface area contributed by atoms with Crippen molar-refractivity contribution in [3.63, 3.8) is 0 Å². The third-order valence-corrected chi connectivity index (χ3v) is 3.82. The van der Waals surface area contributed by atoms with Gasteiger partial charge in [-0.05, 0) is 19.3 Å². The smallest absolute Gasteiger partial charge is 0.132 e. The van der Waals surface area contributed by atoms with Crippen molar-refractivity contribution in [2.24, 2.45) is 5.92 Å². The molecule has 0 saturated carbocycles. The summed E-state index contributed by atoms with van der Waals surface area (Å²) < 4.78 is 0. The molecule has 1 atom stereocenters. The topological polar surface area (TPSA) is 34.1 Å². The van der Waals surface area contributed by atoms with E-state index in [1.54, 1.807) is 0 Å². The molecule has 0 rings (SSSR count). The van der Waals surface area contributed by atoms with Crippen LogP contribution in [0.2, 0.25) is 0 Å². The first-order chi connectivity index (χ1) is 9.24. The van der Waals surface area contributed by atoms with Crippen molar-refractivity contribution in [1.29, 1.82) is 0 Å². The standard InChI is InChI=1S/C17H32O2/c1-3-5-6-7-8-9-10-11-12-17(19)14-13-16(4-2)15-18/h15-16H,3-14H2,1-2H3. The van der Waals surface area contributed by atoms with Crippen LogP contribution >= 0.6 is 0 Å². The lowest BCUT2D eigenvalue weighted by atomic mass is 9.98. The van der Waals surface area contributed by atoms with Crippen LogP contribution in [0.4, 0.5) is 0 Å². The first kappa shape index (κ1) is 18.3. The van der Waals surface area contributed by atoms with Gasteiger partial charge in [0.15, 0.2) is 0 Å². The van der Waals surface area contributed by atoms with Crippen LogP contribution in [0.25, 0.3) is 0 Å². The highest BCUT2D eigenvalue weighted by molar-refractivity contribution is 5.78. The van der Waals surface area contributed by atoms with Crippen LogP contribution in [0.15, 0.2) is 0 Å². The van der Waals surface area contributed by atoms with Crippen LogP contribution < -0.4 is 0 Å². The molecule has 0 aliphatic carbocycles. The van der Waals surface area contributed by atoms with Gasteiger partial charge in [-0.15, -0.1) is 0 Å². The van der Waals surface area contributed by atoms with Crippen LogP contribution in [-0.4, -0.2) is 12.1 Å². The zero-order valence-electron chi connectivity index (χ0n) is 13.0. The number of hydrogen-bond acceptors (Lipinski definition) is 2. The molecular formula is C17H32O2. The van der Waals surface area contributed by atoms with Crippen molar-refractivity contribution < 1.29 is 9.59 Å². The molecule has 0 amide bonds. The Labute approximate surface area is 119 Å². The summed E-state index contributed by atoms with van der Waals surface area (Å²) in [6.45, 7) is 4.24. The lowest BCUT2D eigenvalue weighted by Gasteiger charge is -2.06. The van der Waals surface area contributed by atoms with E-state index in [0.717, 1.165) is 25.5 Å². The Hall–Kier alpha value is -0.660. The maximum Gasteiger partial charge on any atom is 0.132 e. The summed E-state index contributed by atoms with van der Waals surface area (Å²) in [7, 11) is 0. The molecule has 0 fully saturated rings. The van der Waals surface area contributed by atoms with E-state index in [1.165, 1.54) is 44.9 Å². The van der Waals surface area contributed by atoms with Crippen molar-refractivity contribution in [2.75, 3.05) is 0 Å². The highest BCUT2D eigenvalue weighted by atomic mass is 16.1. The SMILES string of the molecule is CCCCCCCCCCC(=O)CCC(C=O)CC. The summed E-state index contributed by atoms with van der Waals surface area (Å²) in [5, 5.41) is 0. The van der Waals surface area contributed by atoms with E-state index in [0.29, 0.717) is 18.6 Å². The van der Waals surface area contributed by atoms with E-state index < -0.39 is 0 Å². The number of rotatable bonds is 14. The minimum Gasteiger partial charge on any atom is -0.303 e. The second kappa shape index (κ2) is 13.8. The number of aldehydes is 1. The molecule has 1 unspecified atom stereocenters. The Morgan fingerprint density at radius 2 is 1.47 bits per heavy atom. The largest absolute Gasteiger partial charge is 0.303 e. The predicted molar refractivity (Wildman–Crippen MR) is 81.3 cm³/mol. The summed E-state index contributed by atoms with van der Waals surface area (Å²) >= 11 is 0. The zero-order valence-corrected chi connectivity index (χ0v) is 13.0. The minimum absolute atomic E-state index is 0.0857. The van der Waals surface area contributed by atoms with Gasteiger partial charge in [-0.3, -0.25) is 4.79 Å². The number of carbonyl (C=O) groups excluding carboxylic acids is 2. The Kier molecular flexibility index (Phi) is 13.3. The van der Waals surface area contributed by atoms with Gasteiger partial charge in [0, 0.05) is 18.8 Å². The van der Waals surface area contributed by atoms with Gasteiger partial charge in [0.05, 0.1) is 0 Å². The molecule has 2 heteroatoms. The highest BCUT2D eigenvalue weighted by Gasteiger charge is 2.08. The van der Waals surface area contributed by atoms with E-state index in [-0.39, 0.29) is 5.92 Å². The molecule has 112 valence electrons. The predicted octanol–water partition coefficient (Wildman–Crippen LogP) is 5.09. The van der Waals surface area contributed by atoms with Gasteiger partial charge in [-0.1, -0.05) is 58.8 Å². The molecule has 19 heavy (non-hydrogen) atoms. The molecule has 0 aliphatic heterocycles. The summed E-state index contributed by atoms with van der Waals surface area (Å²) in [5.41, 5.74) is 0. The number of carbonyl (C=O) groups is 2.